The van der Waals surface area contributed by atoms with E-state index in [1.807, 2.05) is 54.6 Å². The fraction of sp³-hybridized carbons (Fsp3) is 0.222. The standard InChI is InChI=1S/C36H33N3O6/c40-31-20-19-30(33(41)38-31)39-34(42)28-17-10-18-29(32(28)35(39)43)37-21-22-44-23-24-45-36(25-11-4-1-5-12-25,26-13-6-2-7-14-26)27-15-8-3-9-16-27/h1-18,30,37H,19-24H2,(H,38,40,41). The number of hydrogen-bond acceptors (Lipinski definition) is 7. The molecule has 2 aliphatic rings. The molecule has 6 rings (SSSR count). The van der Waals surface area contributed by atoms with E-state index in [0.717, 1.165) is 21.6 Å². The molecule has 0 saturated carbocycles. The smallest absolute Gasteiger partial charge is 0.264 e. The molecule has 9 heteroatoms. The van der Waals surface area contributed by atoms with Gasteiger partial charge in [0.1, 0.15) is 11.6 Å². The van der Waals surface area contributed by atoms with Gasteiger partial charge in [-0.25, -0.2) is 0 Å². The van der Waals surface area contributed by atoms with Gasteiger partial charge in [-0.15, -0.1) is 0 Å². The number of carbonyl (C=O) groups excluding carboxylic acids is 4. The van der Waals surface area contributed by atoms with Gasteiger partial charge >= 0.3 is 0 Å². The average Bonchev–Trinajstić information content (AvgIpc) is 3.33. The summed E-state index contributed by atoms with van der Waals surface area (Å²) >= 11 is 0. The maximum atomic E-state index is 13.3. The molecule has 2 aliphatic heterocycles. The summed E-state index contributed by atoms with van der Waals surface area (Å²) in [5, 5.41) is 5.42. The van der Waals surface area contributed by atoms with Crippen LogP contribution in [-0.4, -0.2) is 60.9 Å². The third kappa shape index (κ3) is 5.87. The Hall–Kier alpha value is -5.12. The van der Waals surface area contributed by atoms with Crippen molar-refractivity contribution in [1.82, 2.24) is 10.2 Å². The predicted molar refractivity (Wildman–Crippen MR) is 168 cm³/mol. The van der Waals surface area contributed by atoms with Gasteiger partial charge in [-0.05, 0) is 35.2 Å². The summed E-state index contributed by atoms with van der Waals surface area (Å²) in [6.45, 7) is 1.33. The molecule has 4 amide bonds. The lowest BCUT2D eigenvalue weighted by Crippen LogP contribution is -2.54. The Morgan fingerprint density at radius 1 is 0.711 bits per heavy atom. The molecule has 0 bridgehead atoms. The summed E-state index contributed by atoms with van der Waals surface area (Å²) in [5.74, 6) is -2.14. The second-order valence-electron chi connectivity index (χ2n) is 10.8. The van der Waals surface area contributed by atoms with Gasteiger partial charge in [0.15, 0.2) is 0 Å². The van der Waals surface area contributed by atoms with Crippen LogP contribution in [-0.2, 0) is 24.7 Å². The van der Waals surface area contributed by atoms with E-state index in [9.17, 15) is 19.2 Å². The van der Waals surface area contributed by atoms with Gasteiger partial charge in [-0.3, -0.25) is 29.4 Å². The molecule has 0 radical (unpaired) electrons. The fourth-order valence-electron chi connectivity index (χ4n) is 6.04. The van der Waals surface area contributed by atoms with E-state index >= 15 is 0 Å². The average molecular weight is 604 g/mol. The summed E-state index contributed by atoms with van der Waals surface area (Å²) < 4.78 is 12.7. The first-order valence-electron chi connectivity index (χ1n) is 15.0. The molecular formula is C36H33N3O6. The topological polar surface area (TPSA) is 114 Å². The van der Waals surface area contributed by atoms with Crippen molar-refractivity contribution >= 4 is 29.3 Å². The van der Waals surface area contributed by atoms with Gasteiger partial charge in [0.25, 0.3) is 11.8 Å². The second-order valence-corrected chi connectivity index (χ2v) is 10.8. The van der Waals surface area contributed by atoms with Gasteiger partial charge < -0.3 is 14.8 Å². The minimum atomic E-state index is -1.01. The molecule has 228 valence electrons. The van der Waals surface area contributed by atoms with E-state index in [4.69, 9.17) is 9.47 Å². The molecule has 2 N–H and O–H groups in total. The van der Waals surface area contributed by atoms with Crippen molar-refractivity contribution in [3.05, 3.63) is 137 Å². The number of nitrogens with one attached hydrogen (secondary N) is 2. The van der Waals surface area contributed by atoms with E-state index in [-0.39, 0.29) is 24.0 Å². The summed E-state index contributed by atoms with van der Waals surface area (Å²) in [4.78, 5) is 51.4. The predicted octanol–water partition coefficient (Wildman–Crippen LogP) is 4.53. The highest BCUT2D eigenvalue weighted by Crippen LogP contribution is 2.40. The van der Waals surface area contributed by atoms with Crippen LogP contribution in [0.25, 0.3) is 0 Å². The van der Waals surface area contributed by atoms with Crippen LogP contribution in [0.5, 0.6) is 0 Å². The lowest BCUT2D eigenvalue weighted by Gasteiger charge is -2.36. The molecule has 0 aromatic heterocycles. The first-order chi connectivity index (χ1) is 22.0. The minimum absolute atomic E-state index is 0.0686. The Kier molecular flexibility index (Phi) is 8.81. The number of ether oxygens (including phenoxy) is 2. The third-order valence-corrected chi connectivity index (χ3v) is 8.12. The molecule has 9 nitrogen and oxygen atoms in total. The number of piperidine rings is 1. The van der Waals surface area contributed by atoms with Crippen molar-refractivity contribution in [3.8, 4) is 0 Å². The molecule has 0 aliphatic carbocycles. The molecule has 4 aromatic rings. The van der Waals surface area contributed by atoms with Crippen LogP contribution in [0.1, 0.15) is 50.2 Å². The molecule has 1 unspecified atom stereocenters. The Balaban J connectivity index is 1.09. The second kappa shape index (κ2) is 13.3. The normalized spacial score (nSPS) is 16.4. The van der Waals surface area contributed by atoms with Gasteiger partial charge in [0, 0.05) is 18.7 Å². The SMILES string of the molecule is O=C1CCC(N2C(=O)c3cccc(NCCOCCOC(c4ccccc4)(c4ccccc4)c4ccccc4)c3C2=O)C(=O)N1. The number of anilines is 1. The van der Waals surface area contributed by atoms with Crippen molar-refractivity contribution in [2.45, 2.75) is 24.5 Å². The van der Waals surface area contributed by atoms with E-state index in [2.05, 4.69) is 47.0 Å². The third-order valence-electron chi connectivity index (χ3n) is 8.12. The quantitative estimate of drug-likeness (QED) is 0.139. The number of imide groups is 2. The summed E-state index contributed by atoms with van der Waals surface area (Å²) in [5.41, 5.74) is 3.11. The summed E-state index contributed by atoms with van der Waals surface area (Å²) in [7, 11) is 0. The molecule has 4 aromatic carbocycles. The maximum absolute atomic E-state index is 13.3. The molecule has 1 saturated heterocycles. The highest BCUT2D eigenvalue weighted by atomic mass is 16.5. The van der Waals surface area contributed by atoms with Crippen LogP contribution in [0.4, 0.5) is 5.69 Å². The van der Waals surface area contributed by atoms with Crippen molar-refractivity contribution in [1.29, 1.82) is 0 Å². The molecule has 1 atom stereocenters. The van der Waals surface area contributed by atoms with Crippen LogP contribution in [0.3, 0.4) is 0 Å². The Labute approximate surface area is 261 Å². The van der Waals surface area contributed by atoms with E-state index in [0.29, 0.717) is 32.1 Å². The zero-order valence-electron chi connectivity index (χ0n) is 24.6. The Morgan fingerprint density at radius 3 is 1.89 bits per heavy atom. The largest absolute Gasteiger partial charge is 0.382 e. The van der Waals surface area contributed by atoms with Crippen molar-refractivity contribution in [2.75, 3.05) is 31.7 Å². The monoisotopic (exact) mass is 603 g/mol. The summed E-state index contributed by atoms with van der Waals surface area (Å²) in [6.07, 6.45) is 0.175. The highest BCUT2D eigenvalue weighted by Gasteiger charge is 2.45. The molecule has 1 fully saturated rings. The number of carbonyl (C=O) groups is 4. The molecule has 0 spiro atoms. The number of hydrogen-bond donors (Lipinski definition) is 2. The maximum Gasteiger partial charge on any atom is 0.264 e. The van der Waals surface area contributed by atoms with E-state index in [1.165, 1.54) is 0 Å². The number of fused-ring (bicyclic) bond motifs is 1. The van der Waals surface area contributed by atoms with Crippen molar-refractivity contribution < 1.29 is 28.7 Å². The number of amides is 4. The van der Waals surface area contributed by atoms with Crippen molar-refractivity contribution in [3.63, 3.8) is 0 Å². The molecule has 2 heterocycles. The zero-order chi connectivity index (χ0) is 31.2. The highest BCUT2D eigenvalue weighted by molar-refractivity contribution is 6.25. The van der Waals surface area contributed by atoms with E-state index in [1.54, 1.807) is 18.2 Å². The number of nitrogens with zero attached hydrogens (tertiary/aromatic N) is 1. The lowest BCUT2D eigenvalue weighted by atomic mass is 9.80. The first-order valence-corrected chi connectivity index (χ1v) is 15.0. The van der Waals surface area contributed by atoms with Gasteiger partial charge in [-0.1, -0.05) is 97.1 Å². The van der Waals surface area contributed by atoms with Crippen molar-refractivity contribution in [2.24, 2.45) is 0 Å². The minimum Gasteiger partial charge on any atom is -0.382 e. The number of rotatable bonds is 12. The van der Waals surface area contributed by atoms with Gasteiger partial charge in [0.05, 0.1) is 30.9 Å². The first kappa shape index (κ1) is 29.9. The summed E-state index contributed by atoms with van der Waals surface area (Å²) in [6, 6.07) is 34.3. The van der Waals surface area contributed by atoms with Gasteiger partial charge in [-0.2, -0.15) is 0 Å². The van der Waals surface area contributed by atoms with Crippen LogP contribution in [0.2, 0.25) is 0 Å². The van der Waals surface area contributed by atoms with Crippen LogP contribution in [0.15, 0.2) is 109 Å². The zero-order valence-corrected chi connectivity index (χ0v) is 24.6. The Bertz CT molecular complexity index is 1600. The van der Waals surface area contributed by atoms with Gasteiger partial charge in [0.2, 0.25) is 11.8 Å². The van der Waals surface area contributed by atoms with E-state index < -0.39 is 35.3 Å². The van der Waals surface area contributed by atoms with Crippen LogP contribution < -0.4 is 10.6 Å². The molecular weight excluding hydrogens is 570 g/mol. The van der Waals surface area contributed by atoms with Crippen LogP contribution in [0, 0.1) is 0 Å². The molecule has 45 heavy (non-hydrogen) atoms. The Morgan fingerprint density at radius 2 is 1.31 bits per heavy atom. The number of benzene rings is 4. The van der Waals surface area contributed by atoms with Crippen LogP contribution >= 0.6 is 0 Å². The lowest BCUT2D eigenvalue weighted by molar-refractivity contribution is -0.136. The fourth-order valence-corrected chi connectivity index (χ4v) is 6.04.